The van der Waals surface area contributed by atoms with E-state index in [1.807, 2.05) is 36.4 Å². The third kappa shape index (κ3) is 3.07. The van der Waals surface area contributed by atoms with Crippen molar-refractivity contribution in [3.05, 3.63) is 70.5 Å². The zero-order chi connectivity index (χ0) is 12.3. The monoisotopic (exact) mass is 248 g/mol. The van der Waals surface area contributed by atoms with E-state index >= 15 is 0 Å². The molecule has 0 aliphatic rings. The molecule has 2 aromatic carbocycles. The molecule has 0 fully saturated rings. The summed E-state index contributed by atoms with van der Waals surface area (Å²) in [7, 11) is 0. The molecule has 1 unspecified atom stereocenters. The quantitative estimate of drug-likeness (QED) is 0.730. The van der Waals surface area contributed by atoms with Crippen LogP contribution in [0.2, 0.25) is 5.02 Å². The second-order valence-electron chi connectivity index (χ2n) is 4.25. The molecule has 0 aliphatic carbocycles. The van der Waals surface area contributed by atoms with Crippen LogP contribution in [0.4, 0.5) is 4.39 Å². The zero-order valence-corrected chi connectivity index (χ0v) is 10.4. The largest absolute Gasteiger partial charge is 0.207 e. The van der Waals surface area contributed by atoms with E-state index in [0.717, 1.165) is 22.6 Å². The standard InChI is InChI=1S/C15H14ClF/c1-11(14-4-2-3-5-15(14)16)10-12-6-8-13(17)9-7-12/h2-9,11H,10H2,1H3. The summed E-state index contributed by atoms with van der Waals surface area (Å²) < 4.78 is 12.8. The molecule has 0 aliphatic heterocycles. The average Bonchev–Trinajstić information content (AvgIpc) is 2.32. The first-order valence-electron chi connectivity index (χ1n) is 5.65. The van der Waals surface area contributed by atoms with Gasteiger partial charge in [-0.1, -0.05) is 48.9 Å². The van der Waals surface area contributed by atoms with Gasteiger partial charge in [-0.15, -0.1) is 0 Å². The van der Waals surface area contributed by atoms with Gasteiger partial charge >= 0.3 is 0 Å². The molecular formula is C15H14ClF. The fraction of sp³-hybridized carbons (Fsp3) is 0.200. The molecule has 17 heavy (non-hydrogen) atoms. The van der Waals surface area contributed by atoms with Gasteiger partial charge in [0.1, 0.15) is 5.82 Å². The maximum absolute atomic E-state index is 12.8. The highest BCUT2D eigenvalue weighted by atomic mass is 35.5. The Bertz CT molecular complexity index is 491. The Hall–Kier alpha value is -1.34. The maximum Gasteiger partial charge on any atom is 0.123 e. The number of halogens is 2. The van der Waals surface area contributed by atoms with Crippen LogP contribution >= 0.6 is 11.6 Å². The molecule has 0 bridgehead atoms. The van der Waals surface area contributed by atoms with Crippen LogP contribution in [0.3, 0.4) is 0 Å². The highest BCUT2D eigenvalue weighted by Gasteiger charge is 2.09. The van der Waals surface area contributed by atoms with E-state index < -0.39 is 0 Å². The summed E-state index contributed by atoms with van der Waals surface area (Å²) >= 11 is 6.15. The van der Waals surface area contributed by atoms with Gasteiger partial charge in [-0.05, 0) is 41.7 Å². The van der Waals surface area contributed by atoms with Gasteiger partial charge in [0.2, 0.25) is 0 Å². The molecule has 1 atom stereocenters. The second-order valence-corrected chi connectivity index (χ2v) is 4.66. The van der Waals surface area contributed by atoms with Crippen molar-refractivity contribution in [1.29, 1.82) is 0 Å². The van der Waals surface area contributed by atoms with Crippen molar-refractivity contribution in [1.82, 2.24) is 0 Å². The first kappa shape index (κ1) is 12.1. The minimum atomic E-state index is -0.195. The Morgan fingerprint density at radius 2 is 1.71 bits per heavy atom. The van der Waals surface area contributed by atoms with Crippen LogP contribution in [-0.2, 0) is 6.42 Å². The van der Waals surface area contributed by atoms with Gasteiger partial charge in [-0.2, -0.15) is 0 Å². The second kappa shape index (κ2) is 5.33. The van der Waals surface area contributed by atoms with Gasteiger partial charge < -0.3 is 0 Å². The van der Waals surface area contributed by atoms with E-state index in [-0.39, 0.29) is 5.82 Å². The van der Waals surface area contributed by atoms with E-state index in [9.17, 15) is 4.39 Å². The highest BCUT2D eigenvalue weighted by Crippen LogP contribution is 2.26. The molecule has 2 rings (SSSR count). The lowest BCUT2D eigenvalue weighted by Crippen LogP contribution is -1.99. The van der Waals surface area contributed by atoms with Crippen molar-refractivity contribution in [3.63, 3.8) is 0 Å². The Morgan fingerprint density at radius 3 is 2.35 bits per heavy atom. The van der Waals surface area contributed by atoms with Crippen molar-refractivity contribution in [2.45, 2.75) is 19.3 Å². The number of rotatable bonds is 3. The van der Waals surface area contributed by atoms with Gasteiger partial charge in [-0.3, -0.25) is 0 Å². The first-order valence-corrected chi connectivity index (χ1v) is 6.03. The molecule has 0 spiro atoms. The van der Waals surface area contributed by atoms with Crippen molar-refractivity contribution in [2.75, 3.05) is 0 Å². The van der Waals surface area contributed by atoms with Crippen LogP contribution in [0.15, 0.2) is 48.5 Å². The predicted molar refractivity (Wildman–Crippen MR) is 70.0 cm³/mol. The zero-order valence-electron chi connectivity index (χ0n) is 9.66. The Balaban J connectivity index is 2.14. The van der Waals surface area contributed by atoms with Gasteiger partial charge in [0.05, 0.1) is 0 Å². The summed E-state index contributed by atoms with van der Waals surface area (Å²) in [6.07, 6.45) is 0.865. The number of hydrogen-bond donors (Lipinski definition) is 0. The van der Waals surface area contributed by atoms with Gasteiger partial charge in [0.25, 0.3) is 0 Å². The van der Waals surface area contributed by atoms with Gasteiger partial charge in [-0.25, -0.2) is 4.39 Å². The lowest BCUT2D eigenvalue weighted by Gasteiger charge is -2.13. The van der Waals surface area contributed by atoms with Gasteiger partial charge in [0, 0.05) is 5.02 Å². The van der Waals surface area contributed by atoms with Crippen molar-refractivity contribution >= 4 is 11.6 Å². The highest BCUT2D eigenvalue weighted by molar-refractivity contribution is 6.31. The Kier molecular flexibility index (Phi) is 3.80. The minimum Gasteiger partial charge on any atom is -0.207 e. The molecule has 0 heterocycles. The van der Waals surface area contributed by atoms with E-state index in [1.165, 1.54) is 12.1 Å². The van der Waals surface area contributed by atoms with Crippen molar-refractivity contribution < 1.29 is 4.39 Å². The van der Waals surface area contributed by atoms with Crippen molar-refractivity contribution in [2.24, 2.45) is 0 Å². The summed E-state index contributed by atoms with van der Waals surface area (Å²) in [6, 6.07) is 14.5. The third-order valence-corrected chi connectivity index (χ3v) is 3.24. The third-order valence-electron chi connectivity index (χ3n) is 2.89. The molecule has 2 heteroatoms. The van der Waals surface area contributed by atoms with Gasteiger partial charge in [0.15, 0.2) is 0 Å². The molecule has 0 radical (unpaired) electrons. The van der Waals surface area contributed by atoms with Crippen LogP contribution in [-0.4, -0.2) is 0 Å². The molecular weight excluding hydrogens is 235 g/mol. The van der Waals surface area contributed by atoms with Crippen LogP contribution in [0, 0.1) is 5.82 Å². The molecule has 0 nitrogen and oxygen atoms in total. The fourth-order valence-electron chi connectivity index (χ4n) is 1.96. The molecule has 88 valence electrons. The summed E-state index contributed by atoms with van der Waals surface area (Å²) in [5.74, 6) is 0.133. The van der Waals surface area contributed by atoms with Crippen LogP contribution < -0.4 is 0 Å². The lowest BCUT2D eigenvalue weighted by molar-refractivity contribution is 0.626. The number of benzene rings is 2. The minimum absolute atomic E-state index is 0.195. The molecule has 0 N–H and O–H groups in total. The maximum atomic E-state index is 12.8. The predicted octanol–water partition coefficient (Wildman–Crippen LogP) is 4.83. The molecule has 0 amide bonds. The van der Waals surface area contributed by atoms with E-state index in [0.29, 0.717) is 5.92 Å². The summed E-state index contributed by atoms with van der Waals surface area (Å²) in [4.78, 5) is 0. The lowest BCUT2D eigenvalue weighted by atomic mass is 9.94. The topological polar surface area (TPSA) is 0 Å². The smallest absolute Gasteiger partial charge is 0.123 e. The normalized spacial score (nSPS) is 12.4. The van der Waals surface area contributed by atoms with Crippen LogP contribution in [0.25, 0.3) is 0 Å². The summed E-state index contributed by atoms with van der Waals surface area (Å²) in [6.45, 7) is 2.13. The van der Waals surface area contributed by atoms with Crippen LogP contribution in [0.5, 0.6) is 0 Å². The molecule has 2 aromatic rings. The molecule has 0 saturated carbocycles. The molecule has 0 saturated heterocycles. The first-order chi connectivity index (χ1) is 8.16. The molecule has 0 aromatic heterocycles. The summed E-state index contributed by atoms with van der Waals surface area (Å²) in [5.41, 5.74) is 2.26. The number of hydrogen-bond acceptors (Lipinski definition) is 0. The Labute approximate surface area is 106 Å². The van der Waals surface area contributed by atoms with E-state index in [2.05, 4.69) is 6.92 Å². The van der Waals surface area contributed by atoms with Crippen LogP contribution in [0.1, 0.15) is 24.0 Å². The average molecular weight is 249 g/mol. The van der Waals surface area contributed by atoms with E-state index in [1.54, 1.807) is 0 Å². The SMILES string of the molecule is CC(Cc1ccc(F)cc1)c1ccccc1Cl. The Morgan fingerprint density at radius 1 is 1.06 bits per heavy atom. The summed E-state index contributed by atoms with van der Waals surface area (Å²) in [5, 5.41) is 0.794. The fourth-order valence-corrected chi connectivity index (χ4v) is 2.28. The van der Waals surface area contributed by atoms with Crippen molar-refractivity contribution in [3.8, 4) is 0 Å². The van der Waals surface area contributed by atoms with E-state index in [4.69, 9.17) is 11.6 Å².